The van der Waals surface area contributed by atoms with Crippen LogP contribution in [0.1, 0.15) is 80.1 Å². The number of rotatable bonds is 17. The van der Waals surface area contributed by atoms with Gasteiger partial charge < -0.3 is 32.5 Å². The number of unbranched alkanes of at least 4 members (excludes halogenated alkanes) is 1. The molecule has 0 aromatic carbocycles. The summed E-state index contributed by atoms with van der Waals surface area (Å²) < 4.78 is 0. The highest BCUT2D eigenvalue weighted by molar-refractivity contribution is 5.94. The number of carboxylic acids is 1. The van der Waals surface area contributed by atoms with E-state index in [-0.39, 0.29) is 24.2 Å². The molecular formula is C24H47N5O5. The van der Waals surface area contributed by atoms with E-state index in [1.165, 1.54) is 0 Å². The van der Waals surface area contributed by atoms with E-state index in [2.05, 4.69) is 16.0 Å². The van der Waals surface area contributed by atoms with E-state index in [0.717, 1.165) is 0 Å². The zero-order chi connectivity index (χ0) is 26.4. The van der Waals surface area contributed by atoms with Gasteiger partial charge in [-0.3, -0.25) is 14.4 Å². The Balaban J connectivity index is 5.45. The van der Waals surface area contributed by atoms with Gasteiger partial charge in [0.25, 0.3) is 0 Å². The molecule has 8 N–H and O–H groups in total. The summed E-state index contributed by atoms with van der Waals surface area (Å²) in [4.78, 5) is 50.2. The van der Waals surface area contributed by atoms with Gasteiger partial charge in [-0.25, -0.2) is 4.79 Å². The number of nitrogens with two attached hydrogens (primary N) is 2. The standard InChI is InChI=1S/C24H47N5O5/c1-14(2)11-17(26)21(30)28-19(12-15(3)4)23(32)29-20(13-16(5)6)22(31)27-18(24(33)34)9-7-8-10-25/h14-20H,7-13,25-26H2,1-6H3,(H,27,31)(H,28,30)(H,29,32)(H,33,34). The lowest BCUT2D eigenvalue weighted by Gasteiger charge is -2.27. The fourth-order valence-corrected chi connectivity index (χ4v) is 3.59. The van der Waals surface area contributed by atoms with Crippen LogP contribution in [0.4, 0.5) is 0 Å². The predicted octanol–water partition coefficient (Wildman–Crippen LogP) is 1.12. The predicted molar refractivity (Wildman–Crippen MR) is 133 cm³/mol. The first kappa shape index (κ1) is 31.8. The maximum Gasteiger partial charge on any atom is 0.326 e. The maximum absolute atomic E-state index is 13.1. The molecule has 0 aliphatic rings. The lowest BCUT2D eigenvalue weighted by Crippen LogP contribution is -2.57. The topological polar surface area (TPSA) is 177 Å². The van der Waals surface area contributed by atoms with Crippen LogP contribution in [-0.4, -0.2) is 59.5 Å². The molecule has 0 heterocycles. The molecule has 10 heteroatoms. The van der Waals surface area contributed by atoms with Crippen molar-refractivity contribution in [3.63, 3.8) is 0 Å². The third kappa shape index (κ3) is 13.5. The largest absolute Gasteiger partial charge is 0.480 e. The third-order valence-corrected chi connectivity index (χ3v) is 5.30. The summed E-state index contributed by atoms with van der Waals surface area (Å²) in [5.74, 6) is -2.20. The van der Waals surface area contributed by atoms with Crippen molar-refractivity contribution < 1.29 is 24.3 Å². The molecule has 0 aromatic rings. The van der Waals surface area contributed by atoms with E-state index < -0.39 is 47.9 Å². The van der Waals surface area contributed by atoms with Crippen molar-refractivity contribution in [2.45, 2.75) is 104 Å². The Morgan fingerprint density at radius 1 is 0.676 bits per heavy atom. The van der Waals surface area contributed by atoms with Crippen LogP contribution in [0, 0.1) is 17.8 Å². The van der Waals surface area contributed by atoms with Crippen molar-refractivity contribution in [3.8, 4) is 0 Å². The molecule has 3 amide bonds. The Morgan fingerprint density at radius 3 is 1.47 bits per heavy atom. The molecule has 0 saturated carbocycles. The van der Waals surface area contributed by atoms with Crippen molar-refractivity contribution >= 4 is 23.7 Å². The second-order valence-electron chi connectivity index (χ2n) is 10.3. The first-order chi connectivity index (χ1) is 15.8. The monoisotopic (exact) mass is 485 g/mol. The van der Waals surface area contributed by atoms with Gasteiger partial charge in [0.05, 0.1) is 6.04 Å². The Hall–Kier alpha value is -2.20. The summed E-state index contributed by atoms with van der Waals surface area (Å²) in [5.41, 5.74) is 11.4. The van der Waals surface area contributed by atoms with E-state index in [1.54, 1.807) is 0 Å². The van der Waals surface area contributed by atoms with E-state index in [4.69, 9.17) is 11.5 Å². The van der Waals surface area contributed by atoms with Crippen LogP contribution in [0.15, 0.2) is 0 Å². The second-order valence-corrected chi connectivity index (χ2v) is 10.3. The van der Waals surface area contributed by atoms with Gasteiger partial charge in [-0.15, -0.1) is 0 Å². The summed E-state index contributed by atoms with van der Waals surface area (Å²) >= 11 is 0. The number of amides is 3. The number of carbonyl (C=O) groups excluding carboxylic acids is 3. The summed E-state index contributed by atoms with van der Waals surface area (Å²) in [6, 6.07) is -3.58. The Bertz CT molecular complexity index is 654. The van der Waals surface area contributed by atoms with Gasteiger partial charge in [0, 0.05) is 0 Å². The van der Waals surface area contributed by atoms with Crippen LogP contribution in [0.3, 0.4) is 0 Å². The summed E-state index contributed by atoms with van der Waals surface area (Å²) in [6.07, 6.45) is 2.65. The number of hydrogen-bond donors (Lipinski definition) is 6. The molecule has 4 atom stereocenters. The minimum atomic E-state index is -1.14. The molecule has 0 saturated heterocycles. The molecule has 4 unspecified atom stereocenters. The number of carbonyl (C=O) groups is 4. The Labute approximate surface area is 204 Å². The molecule has 198 valence electrons. The molecule has 34 heavy (non-hydrogen) atoms. The summed E-state index contributed by atoms with van der Waals surface area (Å²) in [5, 5.41) is 17.5. The van der Waals surface area contributed by atoms with Crippen molar-refractivity contribution in [2.75, 3.05) is 6.54 Å². The molecule has 0 aliphatic carbocycles. The molecule has 0 radical (unpaired) electrons. The number of nitrogens with one attached hydrogen (secondary N) is 3. The van der Waals surface area contributed by atoms with Crippen LogP contribution in [0.25, 0.3) is 0 Å². The van der Waals surface area contributed by atoms with Crippen LogP contribution in [-0.2, 0) is 19.2 Å². The molecule has 0 aliphatic heterocycles. The first-order valence-electron chi connectivity index (χ1n) is 12.4. The van der Waals surface area contributed by atoms with E-state index in [1.807, 2.05) is 41.5 Å². The quantitative estimate of drug-likeness (QED) is 0.167. The van der Waals surface area contributed by atoms with Gasteiger partial charge in [0.1, 0.15) is 18.1 Å². The molecule has 0 bridgehead atoms. The molecular weight excluding hydrogens is 438 g/mol. The average molecular weight is 486 g/mol. The first-order valence-corrected chi connectivity index (χ1v) is 12.4. The molecule has 0 spiro atoms. The lowest BCUT2D eigenvalue weighted by molar-refractivity contribution is -0.142. The smallest absolute Gasteiger partial charge is 0.326 e. The highest BCUT2D eigenvalue weighted by atomic mass is 16.4. The van der Waals surface area contributed by atoms with Gasteiger partial charge in [0.15, 0.2) is 0 Å². The number of hydrogen-bond acceptors (Lipinski definition) is 6. The van der Waals surface area contributed by atoms with E-state index in [9.17, 15) is 24.3 Å². The van der Waals surface area contributed by atoms with E-state index in [0.29, 0.717) is 38.6 Å². The van der Waals surface area contributed by atoms with E-state index >= 15 is 0 Å². The number of aliphatic carboxylic acids is 1. The van der Waals surface area contributed by atoms with Crippen molar-refractivity contribution in [2.24, 2.45) is 29.2 Å². The minimum absolute atomic E-state index is 0.0640. The van der Waals surface area contributed by atoms with Crippen molar-refractivity contribution in [1.29, 1.82) is 0 Å². The van der Waals surface area contributed by atoms with Crippen molar-refractivity contribution in [1.82, 2.24) is 16.0 Å². The molecule has 10 nitrogen and oxygen atoms in total. The van der Waals surface area contributed by atoms with Crippen LogP contribution in [0.2, 0.25) is 0 Å². The van der Waals surface area contributed by atoms with Gasteiger partial charge in [0.2, 0.25) is 17.7 Å². The van der Waals surface area contributed by atoms with Gasteiger partial charge >= 0.3 is 5.97 Å². The van der Waals surface area contributed by atoms with Gasteiger partial charge in [-0.2, -0.15) is 0 Å². The third-order valence-electron chi connectivity index (χ3n) is 5.30. The lowest BCUT2D eigenvalue weighted by atomic mass is 9.98. The zero-order valence-electron chi connectivity index (χ0n) is 21.7. The Morgan fingerprint density at radius 2 is 1.09 bits per heavy atom. The maximum atomic E-state index is 13.1. The van der Waals surface area contributed by atoms with Gasteiger partial charge in [-0.1, -0.05) is 41.5 Å². The number of carboxylic acid groups (broad SMARTS) is 1. The average Bonchev–Trinajstić information content (AvgIpc) is 2.70. The van der Waals surface area contributed by atoms with Crippen molar-refractivity contribution in [3.05, 3.63) is 0 Å². The summed E-state index contributed by atoms with van der Waals surface area (Å²) in [6.45, 7) is 12.0. The molecule has 0 fully saturated rings. The van der Waals surface area contributed by atoms with Crippen LogP contribution < -0.4 is 27.4 Å². The SMILES string of the molecule is CC(C)CC(N)C(=O)NC(CC(C)C)C(=O)NC(CC(C)C)C(=O)NC(CCCCN)C(=O)O. The normalized spacial score (nSPS) is 15.0. The highest BCUT2D eigenvalue weighted by Crippen LogP contribution is 2.11. The second kappa shape index (κ2) is 16.4. The Kier molecular flexibility index (Phi) is 15.4. The molecule has 0 rings (SSSR count). The minimum Gasteiger partial charge on any atom is -0.480 e. The van der Waals surface area contributed by atoms with Crippen LogP contribution in [0.5, 0.6) is 0 Å². The summed E-state index contributed by atoms with van der Waals surface area (Å²) in [7, 11) is 0. The van der Waals surface area contributed by atoms with Gasteiger partial charge in [-0.05, 0) is 62.8 Å². The molecule has 0 aromatic heterocycles. The highest BCUT2D eigenvalue weighted by Gasteiger charge is 2.31. The fraction of sp³-hybridized carbons (Fsp3) is 0.833. The van der Waals surface area contributed by atoms with Crippen LogP contribution >= 0.6 is 0 Å². The fourth-order valence-electron chi connectivity index (χ4n) is 3.59. The zero-order valence-corrected chi connectivity index (χ0v) is 21.7.